The number of carbonyl (C=O) groups is 1. The van der Waals surface area contributed by atoms with Crippen LogP contribution in [0, 0.1) is 0 Å². The van der Waals surface area contributed by atoms with Crippen LogP contribution in [0.25, 0.3) is 0 Å². The van der Waals surface area contributed by atoms with Gasteiger partial charge in [-0.05, 0) is 17.4 Å². The Kier molecular flexibility index (Phi) is 1.55. The van der Waals surface area contributed by atoms with Crippen LogP contribution < -0.4 is 4.83 Å². The fourth-order valence-electron chi connectivity index (χ4n) is 0.359. The Bertz CT molecular complexity index is 134. The Hall–Kier alpha value is -0.480. The molecular formula is C4H6N2OS. The molecule has 1 heterocycles. The zero-order valence-corrected chi connectivity index (χ0v) is 5.23. The van der Waals surface area contributed by atoms with Crippen molar-refractivity contribution >= 4 is 17.9 Å². The summed E-state index contributed by atoms with van der Waals surface area (Å²) in [7, 11) is 1.68. The molecule has 44 valence electrons. The highest BCUT2D eigenvalue weighted by molar-refractivity contribution is 8.00. The first-order chi connectivity index (χ1) is 3.80. The van der Waals surface area contributed by atoms with Gasteiger partial charge in [0.25, 0.3) is 5.91 Å². The molecule has 8 heavy (non-hydrogen) atoms. The number of hydrogen-bond acceptors (Lipinski definition) is 3. The minimum Gasteiger partial charge on any atom is -0.268 e. The second-order valence-electron chi connectivity index (χ2n) is 1.41. The average molecular weight is 130 g/mol. The highest BCUT2D eigenvalue weighted by Crippen LogP contribution is 2.02. The summed E-state index contributed by atoms with van der Waals surface area (Å²) in [5.41, 5.74) is 0. The number of carbonyl (C=O) groups excluding carboxylic acids is 1. The Morgan fingerprint density at radius 1 is 1.88 bits per heavy atom. The number of amides is 1. The van der Waals surface area contributed by atoms with Crippen LogP contribution in [0.2, 0.25) is 0 Å². The highest BCUT2D eigenvalue weighted by Gasteiger charge is 2.05. The van der Waals surface area contributed by atoms with Crippen molar-refractivity contribution < 1.29 is 4.79 Å². The average Bonchev–Trinajstić information content (AvgIpc) is 1.77. The summed E-state index contributed by atoms with van der Waals surface area (Å²) >= 11 is 1.38. The largest absolute Gasteiger partial charge is 0.268 e. The molecule has 0 unspecified atom stereocenters. The molecule has 0 fully saturated rings. The molecule has 1 aliphatic heterocycles. The summed E-state index contributed by atoms with van der Waals surface area (Å²) in [6.45, 7) is 0. The van der Waals surface area contributed by atoms with Crippen molar-refractivity contribution in [2.45, 2.75) is 0 Å². The van der Waals surface area contributed by atoms with Crippen LogP contribution in [-0.2, 0) is 4.79 Å². The highest BCUT2D eigenvalue weighted by atomic mass is 32.2. The maximum Gasteiger partial charge on any atom is 0.261 e. The number of rotatable bonds is 0. The lowest BCUT2D eigenvalue weighted by atomic mass is 10.6. The molecule has 0 saturated carbocycles. The third kappa shape index (κ3) is 1.02. The number of hydrazine groups is 1. The Labute approximate surface area is 51.8 Å². The molecule has 0 aliphatic carbocycles. The summed E-state index contributed by atoms with van der Waals surface area (Å²) < 4.78 is 0. The lowest BCUT2D eigenvalue weighted by Crippen LogP contribution is -2.35. The number of hydrogen-bond donors (Lipinski definition) is 1. The van der Waals surface area contributed by atoms with E-state index >= 15 is 0 Å². The second-order valence-corrected chi connectivity index (χ2v) is 2.10. The molecule has 0 aromatic heterocycles. The summed E-state index contributed by atoms with van der Waals surface area (Å²) in [5, 5.41) is 3.13. The van der Waals surface area contributed by atoms with Crippen molar-refractivity contribution in [3.05, 3.63) is 11.5 Å². The standard InChI is InChI=1S/C4H6N2OS/c1-6-4(7)2-3-8-5-6/h2-3,5H,1H3. The number of nitrogens with one attached hydrogen (secondary N) is 1. The van der Waals surface area contributed by atoms with E-state index < -0.39 is 0 Å². The molecule has 0 saturated heterocycles. The third-order valence-electron chi connectivity index (χ3n) is 0.799. The van der Waals surface area contributed by atoms with Gasteiger partial charge >= 0.3 is 0 Å². The Balaban J connectivity index is 2.60. The quantitative estimate of drug-likeness (QED) is 0.473. The van der Waals surface area contributed by atoms with Crippen molar-refractivity contribution in [1.82, 2.24) is 9.84 Å². The van der Waals surface area contributed by atoms with Crippen molar-refractivity contribution in [1.29, 1.82) is 0 Å². The predicted octanol–water partition coefficient (Wildman–Crippen LogP) is 0.125. The Morgan fingerprint density at radius 2 is 2.62 bits per heavy atom. The molecule has 0 radical (unpaired) electrons. The first kappa shape index (κ1) is 5.65. The molecule has 0 bridgehead atoms. The summed E-state index contributed by atoms with van der Waals surface area (Å²) in [4.78, 5) is 13.3. The SMILES string of the molecule is CN1NSC=CC1=O. The van der Waals surface area contributed by atoms with E-state index in [0.29, 0.717) is 0 Å². The van der Waals surface area contributed by atoms with Crippen LogP contribution in [-0.4, -0.2) is 18.0 Å². The molecule has 4 heteroatoms. The molecule has 0 aromatic carbocycles. The fourth-order valence-corrected chi connectivity index (χ4v) is 0.852. The van der Waals surface area contributed by atoms with Crippen molar-refractivity contribution in [3.8, 4) is 0 Å². The fraction of sp³-hybridized carbons (Fsp3) is 0.250. The van der Waals surface area contributed by atoms with Gasteiger partial charge < -0.3 is 0 Å². The van der Waals surface area contributed by atoms with Gasteiger partial charge in [-0.3, -0.25) is 9.80 Å². The van der Waals surface area contributed by atoms with Crippen molar-refractivity contribution in [2.24, 2.45) is 0 Å². The zero-order valence-electron chi connectivity index (χ0n) is 4.42. The van der Waals surface area contributed by atoms with E-state index in [4.69, 9.17) is 0 Å². The van der Waals surface area contributed by atoms with Crippen LogP contribution in [0.4, 0.5) is 0 Å². The molecule has 1 amide bonds. The minimum absolute atomic E-state index is 0.0104. The van der Waals surface area contributed by atoms with Gasteiger partial charge in [0.1, 0.15) is 0 Å². The summed E-state index contributed by atoms with van der Waals surface area (Å²) in [6.07, 6.45) is 1.52. The monoisotopic (exact) mass is 130 g/mol. The van der Waals surface area contributed by atoms with E-state index in [1.807, 2.05) is 0 Å². The van der Waals surface area contributed by atoms with Crippen LogP contribution in [0.5, 0.6) is 0 Å². The van der Waals surface area contributed by atoms with Gasteiger partial charge in [-0.15, -0.1) is 0 Å². The van der Waals surface area contributed by atoms with Crippen molar-refractivity contribution in [3.63, 3.8) is 0 Å². The van der Waals surface area contributed by atoms with E-state index in [-0.39, 0.29) is 5.91 Å². The van der Waals surface area contributed by atoms with Gasteiger partial charge in [0, 0.05) is 13.1 Å². The van der Waals surface area contributed by atoms with Crippen molar-refractivity contribution in [2.75, 3.05) is 7.05 Å². The van der Waals surface area contributed by atoms with E-state index in [9.17, 15) is 4.79 Å². The van der Waals surface area contributed by atoms with Crippen LogP contribution >= 0.6 is 11.9 Å². The van der Waals surface area contributed by atoms with E-state index in [0.717, 1.165) is 0 Å². The molecule has 1 N–H and O–H groups in total. The van der Waals surface area contributed by atoms with E-state index in [1.54, 1.807) is 12.5 Å². The first-order valence-corrected chi connectivity index (χ1v) is 3.04. The number of nitrogens with zero attached hydrogens (tertiary/aromatic N) is 1. The summed E-state index contributed by atoms with van der Waals surface area (Å²) in [5.74, 6) is -0.0104. The molecule has 0 spiro atoms. The molecule has 3 nitrogen and oxygen atoms in total. The van der Waals surface area contributed by atoms with Crippen LogP contribution in [0.3, 0.4) is 0 Å². The third-order valence-corrected chi connectivity index (χ3v) is 1.45. The lowest BCUT2D eigenvalue weighted by molar-refractivity contribution is -0.126. The molecular weight excluding hydrogens is 124 g/mol. The van der Waals surface area contributed by atoms with Gasteiger partial charge in [-0.25, -0.2) is 0 Å². The van der Waals surface area contributed by atoms with Crippen LogP contribution in [0.1, 0.15) is 0 Å². The Morgan fingerprint density at radius 3 is 3.00 bits per heavy atom. The van der Waals surface area contributed by atoms with Gasteiger partial charge in [0.2, 0.25) is 0 Å². The zero-order chi connectivity index (χ0) is 5.98. The van der Waals surface area contributed by atoms with Gasteiger partial charge in [-0.1, -0.05) is 0 Å². The second kappa shape index (κ2) is 2.19. The maximum atomic E-state index is 10.6. The normalized spacial score (nSPS) is 19.6. The molecule has 0 aromatic rings. The lowest BCUT2D eigenvalue weighted by Gasteiger charge is -2.16. The molecule has 1 aliphatic rings. The van der Waals surface area contributed by atoms with Gasteiger partial charge in [0.15, 0.2) is 0 Å². The molecule has 1 rings (SSSR count). The van der Waals surface area contributed by atoms with Crippen LogP contribution in [0.15, 0.2) is 11.5 Å². The van der Waals surface area contributed by atoms with Gasteiger partial charge in [-0.2, -0.15) is 4.83 Å². The number of likely N-dealkylation sites (N-methyl/N-ethyl adjacent to an activating group) is 1. The van der Waals surface area contributed by atoms with E-state index in [1.165, 1.54) is 23.0 Å². The topological polar surface area (TPSA) is 32.3 Å². The predicted molar refractivity (Wildman–Crippen MR) is 32.6 cm³/mol. The smallest absolute Gasteiger partial charge is 0.261 e. The van der Waals surface area contributed by atoms with Gasteiger partial charge in [0.05, 0.1) is 0 Å². The molecule has 0 atom stereocenters. The maximum absolute atomic E-state index is 10.6. The van der Waals surface area contributed by atoms with E-state index in [2.05, 4.69) is 4.83 Å². The minimum atomic E-state index is -0.0104. The summed E-state index contributed by atoms with van der Waals surface area (Å²) in [6, 6.07) is 0. The first-order valence-electron chi connectivity index (χ1n) is 2.16.